The topological polar surface area (TPSA) is 0 Å². The second-order valence-corrected chi connectivity index (χ2v) is 4.68. The van der Waals surface area contributed by atoms with Crippen molar-refractivity contribution in [1.82, 2.24) is 0 Å². The van der Waals surface area contributed by atoms with E-state index in [1.54, 1.807) is 0 Å². The fraction of sp³-hybridized carbons (Fsp3) is 0.111. The van der Waals surface area contributed by atoms with Crippen molar-refractivity contribution >= 4 is 27.1 Å². The van der Waals surface area contributed by atoms with Gasteiger partial charge in [-0.05, 0) is 51.2 Å². The first-order valence-corrected chi connectivity index (χ1v) is 6.39. The molecule has 0 heterocycles. The summed E-state index contributed by atoms with van der Waals surface area (Å²) in [6.07, 6.45) is 0.992. The zero-order valence-electron chi connectivity index (χ0n) is 10.6. The van der Waals surface area contributed by atoms with Crippen LogP contribution in [0.2, 0.25) is 0 Å². The molecule has 3 aromatic carbocycles. The highest BCUT2D eigenvalue weighted by Gasteiger charge is 2.04. The molecule has 0 bridgehead atoms. The van der Waals surface area contributed by atoms with Gasteiger partial charge in [-0.2, -0.15) is 0 Å². The highest BCUT2D eigenvalue weighted by molar-refractivity contribution is 6.02. The van der Waals surface area contributed by atoms with Crippen LogP contribution in [0.4, 0.5) is 0 Å². The Labute approximate surface area is 108 Å². The van der Waals surface area contributed by atoms with Gasteiger partial charge in [-0.25, -0.2) is 0 Å². The maximum absolute atomic E-state index is 4.17. The molecule has 0 fully saturated rings. The van der Waals surface area contributed by atoms with Gasteiger partial charge in [0.15, 0.2) is 0 Å². The van der Waals surface area contributed by atoms with Crippen LogP contribution in [0.25, 0.3) is 27.1 Å². The van der Waals surface area contributed by atoms with Crippen molar-refractivity contribution in [3.05, 3.63) is 66.7 Å². The van der Waals surface area contributed by atoms with Crippen LogP contribution in [0.1, 0.15) is 18.9 Å². The Kier molecular flexibility index (Phi) is 2.64. The van der Waals surface area contributed by atoms with E-state index in [1.807, 2.05) is 0 Å². The molecule has 0 atom stereocenters. The molecular formula is C18H16. The summed E-state index contributed by atoms with van der Waals surface area (Å²) >= 11 is 0. The van der Waals surface area contributed by atoms with Crippen molar-refractivity contribution in [1.29, 1.82) is 0 Å². The van der Waals surface area contributed by atoms with E-state index in [0.717, 1.165) is 6.42 Å². The van der Waals surface area contributed by atoms with Gasteiger partial charge >= 0.3 is 0 Å². The fourth-order valence-corrected chi connectivity index (χ4v) is 2.47. The van der Waals surface area contributed by atoms with Gasteiger partial charge in [-0.15, -0.1) is 0 Å². The van der Waals surface area contributed by atoms with Gasteiger partial charge < -0.3 is 0 Å². The third kappa shape index (κ3) is 1.70. The monoisotopic (exact) mass is 232 g/mol. The summed E-state index contributed by atoms with van der Waals surface area (Å²) < 4.78 is 0. The molecular weight excluding hydrogens is 216 g/mol. The van der Waals surface area contributed by atoms with Crippen LogP contribution in [0.15, 0.2) is 61.2 Å². The van der Waals surface area contributed by atoms with E-state index in [1.165, 1.54) is 32.7 Å². The second-order valence-electron chi connectivity index (χ2n) is 4.68. The lowest BCUT2D eigenvalue weighted by atomic mass is 9.95. The van der Waals surface area contributed by atoms with E-state index in [4.69, 9.17) is 0 Å². The molecule has 88 valence electrons. The first-order chi connectivity index (χ1) is 8.79. The number of hydrogen-bond donors (Lipinski definition) is 0. The van der Waals surface area contributed by atoms with Crippen LogP contribution >= 0.6 is 0 Å². The molecule has 0 nitrogen and oxygen atoms in total. The van der Waals surface area contributed by atoms with Crippen molar-refractivity contribution in [2.45, 2.75) is 13.3 Å². The summed E-state index contributed by atoms with van der Waals surface area (Å²) in [5.41, 5.74) is 2.48. The molecule has 0 N–H and O–H groups in total. The largest absolute Gasteiger partial charge is 0.0952 e. The maximum atomic E-state index is 4.17. The maximum Gasteiger partial charge on any atom is -0.0102 e. The minimum atomic E-state index is 0.992. The average molecular weight is 232 g/mol. The Hall–Kier alpha value is -2.08. The lowest BCUT2D eigenvalue weighted by Gasteiger charge is -2.09. The summed E-state index contributed by atoms with van der Waals surface area (Å²) in [6.45, 7) is 6.33. The van der Waals surface area contributed by atoms with Crippen molar-refractivity contribution in [3.63, 3.8) is 0 Å². The van der Waals surface area contributed by atoms with Crippen LogP contribution in [0, 0.1) is 0 Å². The molecule has 0 aliphatic rings. The lowest BCUT2D eigenvalue weighted by molar-refractivity contribution is 1.25. The fourth-order valence-electron chi connectivity index (χ4n) is 2.47. The zero-order chi connectivity index (χ0) is 12.5. The Morgan fingerprint density at radius 2 is 1.56 bits per heavy atom. The highest BCUT2D eigenvalue weighted by Crippen LogP contribution is 2.29. The van der Waals surface area contributed by atoms with Gasteiger partial charge in [-0.3, -0.25) is 0 Å². The Morgan fingerprint density at radius 1 is 0.889 bits per heavy atom. The number of fused-ring (bicyclic) bond motifs is 2. The molecule has 0 spiro atoms. The molecule has 0 unspecified atom stereocenters. The van der Waals surface area contributed by atoms with Gasteiger partial charge in [0, 0.05) is 0 Å². The summed E-state index contributed by atoms with van der Waals surface area (Å²) in [6, 6.07) is 19.5. The minimum absolute atomic E-state index is 0.992. The quantitative estimate of drug-likeness (QED) is 0.518. The highest BCUT2D eigenvalue weighted by atomic mass is 14.1. The van der Waals surface area contributed by atoms with Crippen molar-refractivity contribution in [2.75, 3.05) is 0 Å². The molecule has 0 aliphatic heterocycles. The lowest BCUT2D eigenvalue weighted by Crippen LogP contribution is -1.85. The molecule has 0 radical (unpaired) electrons. The van der Waals surface area contributed by atoms with Gasteiger partial charge in [-0.1, -0.05) is 56.0 Å². The van der Waals surface area contributed by atoms with Crippen molar-refractivity contribution in [3.8, 4) is 0 Å². The number of hydrogen-bond acceptors (Lipinski definition) is 0. The van der Waals surface area contributed by atoms with Crippen molar-refractivity contribution in [2.24, 2.45) is 0 Å². The minimum Gasteiger partial charge on any atom is -0.0952 e. The Bertz CT molecular complexity index is 735. The molecule has 0 aliphatic carbocycles. The summed E-state index contributed by atoms with van der Waals surface area (Å²) in [5, 5.41) is 5.19. The second kappa shape index (κ2) is 4.30. The van der Waals surface area contributed by atoms with E-state index in [9.17, 15) is 0 Å². The summed E-state index contributed by atoms with van der Waals surface area (Å²) in [5.74, 6) is 0. The molecule has 0 saturated carbocycles. The van der Waals surface area contributed by atoms with E-state index >= 15 is 0 Å². The smallest absolute Gasteiger partial charge is 0.0102 e. The molecule has 0 saturated heterocycles. The van der Waals surface area contributed by atoms with E-state index < -0.39 is 0 Å². The van der Waals surface area contributed by atoms with Crippen LogP contribution in [0.5, 0.6) is 0 Å². The average Bonchev–Trinajstić information content (AvgIpc) is 2.43. The normalized spacial score (nSPS) is 10.9. The van der Waals surface area contributed by atoms with Crippen LogP contribution < -0.4 is 0 Å². The van der Waals surface area contributed by atoms with Crippen LogP contribution in [-0.2, 0) is 0 Å². The number of rotatable bonds is 2. The zero-order valence-corrected chi connectivity index (χ0v) is 10.6. The first kappa shape index (κ1) is 11.0. The molecule has 3 rings (SSSR count). The van der Waals surface area contributed by atoms with Gasteiger partial charge in [0.2, 0.25) is 0 Å². The Balaban J connectivity index is 2.39. The molecule has 0 heteroatoms. The van der Waals surface area contributed by atoms with Gasteiger partial charge in [0.25, 0.3) is 0 Å². The molecule has 18 heavy (non-hydrogen) atoms. The standard InChI is InChI=1S/C18H16/c1-3-13(2)17-10-6-9-16-11-14-7-4-5-8-15(14)12-18(16)17/h4-12H,2-3H2,1H3. The predicted octanol–water partition coefficient (Wildman–Crippen LogP) is 5.42. The molecule has 0 amide bonds. The van der Waals surface area contributed by atoms with Crippen molar-refractivity contribution < 1.29 is 0 Å². The van der Waals surface area contributed by atoms with Gasteiger partial charge in [0.1, 0.15) is 0 Å². The van der Waals surface area contributed by atoms with Gasteiger partial charge in [0.05, 0.1) is 0 Å². The number of benzene rings is 3. The van der Waals surface area contributed by atoms with E-state index in [0.29, 0.717) is 0 Å². The molecule has 3 aromatic rings. The van der Waals surface area contributed by atoms with E-state index in [-0.39, 0.29) is 0 Å². The molecule has 0 aromatic heterocycles. The Morgan fingerprint density at radius 3 is 2.28 bits per heavy atom. The van der Waals surface area contributed by atoms with Crippen LogP contribution in [-0.4, -0.2) is 0 Å². The summed E-state index contributed by atoms with van der Waals surface area (Å²) in [4.78, 5) is 0. The predicted molar refractivity (Wildman–Crippen MR) is 80.8 cm³/mol. The third-order valence-electron chi connectivity index (χ3n) is 3.55. The third-order valence-corrected chi connectivity index (χ3v) is 3.55. The van der Waals surface area contributed by atoms with Crippen LogP contribution in [0.3, 0.4) is 0 Å². The summed E-state index contributed by atoms with van der Waals surface area (Å²) in [7, 11) is 0. The first-order valence-electron chi connectivity index (χ1n) is 6.39. The number of allylic oxidation sites excluding steroid dienone is 1. The van der Waals surface area contributed by atoms with E-state index in [2.05, 4.69) is 68.1 Å². The SMILES string of the molecule is C=C(CC)c1cccc2cc3ccccc3cc12.